The fourth-order valence-electron chi connectivity index (χ4n) is 1.22. The minimum atomic E-state index is -0.436. The highest BCUT2D eigenvalue weighted by atomic mass is 32.1. The van der Waals surface area contributed by atoms with E-state index in [1.54, 1.807) is 18.2 Å². The number of hydrogen-bond acceptors (Lipinski definition) is 2. The Kier molecular flexibility index (Phi) is 14.9. The molecule has 10 heteroatoms. The molecule has 1 aliphatic carbocycles. The van der Waals surface area contributed by atoms with E-state index in [0.717, 1.165) is 5.56 Å². The fraction of sp³-hybridized carbons (Fsp3) is 0. The van der Waals surface area contributed by atoms with Crippen LogP contribution in [0.4, 0.5) is 0 Å². The third-order valence-electron chi connectivity index (χ3n) is 1.84. The number of carbonyl (C=O) groups excluding carboxylic acids is 2. The maximum atomic E-state index is 11.2. The lowest BCUT2D eigenvalue weighted by atomic mass is 9.96. The molecule has 1 aromatic rings. The number of allylic oxidation sites excluding steroid dienone is 1. The van der Waals surface area contributed by atoms with Crippen molar-refractivity contribution in [2.24, 2.45) is 0 Å². The molecule has 0 saturated heterocycles. The van der Waals surface area contributed by atoms with Crippen LogP contribution in [-0.2, 0) is 31.8 Å². The number of ketones is 2. The molecular weight excluding hydrogens is 300 g/mol. The molecule has 0 radical (unpaired) electrons. The van der Waals surface area contributed by atoms with Crippen molar-refractivity contribution in [2.45, 2.75) is 0 Å². The second-order valence-corrected chi connectivity index (χ2v) is 2.79. The zero-order valence-corrected chi connectivity index (χ0v) is 12.4. The van der Waals surface area contributed by atoms with Crippen LogP contribution in [0.1, 0.15) is 15.9 Å². The summed E-state index contributed by atoms with van der Waals surface area (Å²) in [6, 6.07) is 7.07. The van der Waals surface area contributed by atoms with Crippen molar-refractivity contribution in [3.05, 3.63) is 73.4 Å². The van der Waals surface area contributed by atoms with Gasteiger partial charge in [0.15, 0.2) is 0 Å². The maximum Gasteiger partial charge on any atom is 0.233 e. The van der Waals surface area contributed by atoms with Crippen LogP contribution in [0.15, 0.2) is 30.3 Å². The lowest BCUT2D eigenvalue weighted by Crippen LogP contribution is -2.15. The predicted molar refractivity (Wildman–Crippen MR) is 88.1 cm³/mol. The molecule has 0 N–H and O–H groups in total. The quantitative estimate of drug-likeness (QED) is 0.235. The molecule has 106 valence electrons. The molecule has 0 heterocycles. The molecule has 0 aliphatic heterocycles. The zero-order chi connectivity index (χ0) is 14.0. The Bertz CT molecular complexity index is 549. The van der Waals surface area contributed by atoms with E-state index in [-0.39, 0.29) is 27.0 Å². The van der Waals surface area contributed by atoms with E-state index < -0.39 is 11.6 Å². The molecule has 0 saturated carbocycles. The number of fused-ring (bicyclic) bond motifs is 1. The van der Waals surface area contributed by atoms with Crippen molar-refractivity contribution in [3.8, 4) is 0 Å². The number of nitrogens with zero attached hydrogens (tertiary/aromatic N) is 6. The molecule has 0 fully saturated rings. The second kappa shape index (κ2) is 13.1. The van der Waals surface area contributed by atoms with Crippen molar-refractivity contribution in [2.75, 3.05) is 0 Å². The van der Waals surface area contributed by atoms with E-state index in [9.17, 15) is 9.59 Å². The van der Waals surface area contributed by atoms with Crippen LogP contribution in [0.5, 0.6) is 0 Å². The van der Waals surface area contributed by atoms with Gasteiger partial charge in [-0.3, -0.25) is 19.4 Å². The Balaban J connectivity index is -0.000000316. The zero-order valence-electron chi connectivity index (χ0n) is 10.1. The molecule has 20 heavy (non-hydrogen) atoms. The van der Waals surface area contributed by atoms with E-state index in [4.69, 9.17) is 22.1 Å². The van der Waals surface area contributed by atoms with E-state index in [0.29, 0.717) is 5.56 Å². The van der Waals surface area contributed by atoms with Gasteiger partial charge in [0.25, 0.3) is 0 Å². The first-order chi connectivity index (χ1) is 8.62. The van der Waals surface area contributed by atoms with Crippen LogP contribution >= 0.6 is 0 Å². The van der Waals surface area contributed by atoms with Crippen LogP contribution < -0.4 is 0 Å². The molecule has 0 bridgehead atoms. The summed E-state index contributed by atoms with van der Waals surface area (Å²) >= 11 is 0. The molecule has 0 spiro atoms. The van der Waals surface area contributed by atoms with Crippen molar-refractivity contribution in [1.29, 1.82) is 0 Å². The van der Waals surface area contributed by atoms with Gasteiger partial charge in [0.05, 0.1) is 0 Å². The Labute approximate surface area is 128 Å². The molecule has 0 atom stereocenters. The molecule has 0 aromatic heterocycles. The standard InChI is InChI=1S/C10H6O2.2N3.2H2S/c11-9-6-5-7-3-1-2-4-8(7)10(9)12;2*1-3-2;;/h1-6H;;;2*1H2/q;2*-1;;/p+2. The molecule has 1 aliphatic rings. The van der Waals surface area contributed by atoms with Gasteiger partial charge in [-0.1, -0.05) is 57.3 Å². The molecule has 0 unspecified atom stereocenters. The number of carbonyl (C=O) groups is 2. The number of benzene rings is 1. The molecule has 8 nitrogen and oxygen atoms in total. The monoisotopic (exact) mass is 312 g/mol. The summed E-state index contributed by atoms with van der Waals surface area (Å²) in [5.41, 5.74) is 28.3. The average molecular weight is 312 g/mol. The van der Waals surface area contributed by atoms with Crippen molar-refractivity contribution < 1.29 is 9.59 Å². The van der Waals surface area contributed by atoms with Crippen molar-refractivity contribution in [1.82, 2.24) is 0 Å². The van der Waals surface area contributed by atoms with Crippen LogP contribution in [0.2, 0.25) is 0 Å². The lowest BCUT2D eigenvalue weighted by molar-refractivity contribution is -0.110. The van der Waals surface area contributed by atoms with E-state index in [1.165, 1.54) is 15.9 Å². The molecule has 0 amide bonds. The molecule has 1 aromatic carbocycles. The highest BCUT2D eigenvalue weighted by molar-refractivity contribution is 7.37. The summed E-state index contributed by atoms with van der Waals surface area (Å²) in [7, 11) is 0. The summed E-state index contributed by atoms with van der Waals surface area (Å²) in [5, 5.41) is 0. The topological polar surface area (TPSA) is 152 Å². The van der Waals surface area contributed by atoms with E-state index in [2.05, 4.69) is 0 Å². The van der Waals surface area contributed by atoms with E-state index >= 15 is 0 Å². The summed E-state index contributed by atoms with van der Waals surface area (Å²) in [6.45, 7) is 0. The minimum Gasteiger partial charge on any atom is -0.373 e. The lowest BCUT2D eigenvalue weighted by Gasteiger charge is -2.06. The fourth-order valence-corrected chi connectivity index (χ4v) is 1.22. The molecule has 2 rings (SSSR count). The Morgan fingerprint density at radius 3 is 1.75 bits per heavy atom. The van der Waals surface area contributed by atoms with Gasteiger partial charge in [0, 0.05) is 5.56 Å². The van der Waals surface area contributed by atoms with Gasteiger partial charge in [-0.15, -0.1) is 0 Å². The largest absolute Gasteiger partial charge is 0.373 e. The Hall–Kier alpha value is -2.38. The van der Waals surface area contributed by atoms with Crippen molar-refractivity contribution >= 4 is 44.6 Å². The maximum absolute atomic E-state index is 11.2. The van der Waals surface area contributed by atoms with Crippen LogP contribution in [0, 0.1) is 0 Å². The van der Waals surface area contributed by atoms with Gasteiger partial charge in [0.2, 0.25) is 11.6 Å². The third kappa shape index (κ3) is 7.14. The van der Waals surface area contributed by atoms with E-state index in [1.807, 2.05) is 12.1 Å². The predicted octanol–water partition coefficient (Wildman–Crippen LogP) is 1.59. The normalized spacial score (nSPS) is 9.60. The first-order valence-corrected chi connectivity index (χ1v) is 4.45. The van der Waals surface area contributed by atoms with Gasteiger partial charge < -0.3 is 22.1 Å². The average Bonchev–Trinajstić information content (AvgIpc) is 2.36. The Morgan fingerprint density at radius 2 is 1.25 bits per heavy atom. The van der Waals surface area contributed by atoms with Gasteiger partial charge in [0.1, 0.15) is 0 Å². The van der Waals surface area contributed by atoms with Crippen LogP contribution in [0.25, 0.3) is 38.0 Å². The van der Waals surface area contributed by atoms with Gasteiger partial charge in [-0.05, 0) is 11.6 Å². The van der Waals surface area contributed by atoms with Gasteiger partial charge >= 0.3 is 0 Å². The number of rotatable bonds is 0. The first-order valence-electron chi connectivity index (χ1n) is 4.45. The summed E-state index contributed by atoms with van der Waals surface area (Å²) in [5.74, 6) is -0.846. The van der Waals surface area contributed by atoms with Crippen LogP contribution in [0.3, 0.4) is 0 Å². The summed E-state index contributed by atoms with van der Waals surface area (Å²) in [4.78, 5) is 25.1. The summed E-state index contributed by atoms with van der Waals surface area (Å²) in [6.07, 6.45) is 2.98. The number of hydrogen-bond donors (Lipinski definition) is 0. The third-order valence-corrected chi connectivity index (χ3v) is 1.84. The van der Waals surface area contributed by atoms with Gasteiger partial charge in [-0.25, -0.2) is 0 Å². The van der Waals surface area contributed by atoms with Crippen molar-refractivity contribution in [3.63, 3.8) is 0 Å². The van der Waals surface area contributed by atoms with Gasteiger partial charge in [-0.2, -0.15) is 0 Å². The SMILES string of the molecule is O=C1C=Cc2ccccc2C1=O.[N-]=[N+]=[N-].[N-]=[N+]=[N-].[SH3+].[SH3+]. The summed E-state index contributed by atoms with van der Waals surface area (Å²) < 4.78 is 0. The Morgan fingerprint density at radius 1 is 0.800 bits per heavy atom. The van der Waals surface area contributed by atoms with Crippen LogP contribution in [-0.4, -0.2) is 11.6 Å². The smallest absolute Gasteiger partial charge is 0.233 e. The second-order valence-electron chi connectivity index (χ2n) is 2.79. The highest BCUT2D eigenvalue weighted by Gasteiger charge is 2.19. The molecular formula is C10H12N6O2S2. The first kappa shape index (κ1) is 22.8. The number of Topliss-reactive ketones (excluding diaryl/α,β-unsaturated/α-hetero) is 1. The minimum absolute atomic E-state index is 0. The highest BCUT2D eigenvalue weighted by Crippen LogP contribution is 2.16.